The van der Waals surface area contributed by atoms with Crippen LogP contribution in [0.4, 0.5) is 10.1 Å². The van der Waals surface area contributed by atoms with Gasteiger partial charge < -0.3 is 14.8 Å². The number of Topliss-reactive ketones (excluding diaryl/α,β-unsaturated/α-hetero) is 1. The van der Waals surface area contributed by atoms with Gasteiger partial charge in [-0.1, -0.05) is 6.07 Å². The molecular formula is C21H20FNO5. The topological polar surface area (TPSA) is 81.7 Å². The van der Waals surface area contributed by atoms with Crippen molar-refractivity contribution in [3.8, 4) is 5.75 Å². The normalized spacial score (nSPS) is 16.5. The Morgan fingerprint density at radius 3 is 2.61 bits per heavy atom. The fourth-order valence-electron chi connectivity index (χ4n) is 3.07. The van der Waals surface area contributed by atoms with Crippen LogP contribution in [0.1, 0.15) is 42.1 Å². The molecule has 146 valence electrons. The average molecular weight is 385 g/mol. The number of rotatable bonds is 6. The summed E-state index contributed by atoms with van der Waals surface area (Å²) in [7, 11) is 0. The highest BCUT2D eigenvalue weighted by Crippen LogP contribution is 2.34. The molecule has 0 aliphatic carbocycles. The number of anilines is 1. The molecule has 1 N–H and O–H groups in total. The lowest BCUT2D eigenvalue weighted by atomic mass is 9.90. The summed E-state index contributed by atoms with van der Waals surface area (Å²) in [6.07, 6.45) is -1.15. The molecule has 0 bridgehead atoms. The third kappa shape index (κ3) is 4.19. The largest absolute Gasteiger partial charge is 0.494 e. The molecule has 2 atom stereocenters. The van der Waals surface area contributed by atoms with E-state index in [0.29, 0.717) is 23.5 Å². The number of hydrogen-bond donors (Lipinski definition) is 1. The Bertz CT molecular complexity index is 910. The molecule has 1 amide bonds. The summed E-state index contributed by atoms with van der Waals surface area (Å²) in [5, 5.41) is 2.54. The summed E-state index contributed by atoms with van der Waals surface area (Å²) in [4.78, 5) is 37.0. The molecule has 0 radical (unpaired) electrons. The lowest BCUT2D eigenvalue weighted by molar-refractivity contribution is -0.149. The fraction of sp³-hybridized carbons (Fsp3) is 0.286. The number of ketones is 1. The second-order valence-electron chi connectivity index (χ2n) is 6.44. The van der Waals surface area contributed by atoms with Gasteiger partial charge in [-0.3, -0.25) is 14.4 Å². The van der Waals surface area contributed by atoms with E-state index in [4.69, 9.17) is 9.47 Å². The van der Waals surface area contributed by atoms with Crippen LogP contribution in [0.2, 0.25) is 0 Å². The number of ether oxygens (including phenoxy) is 2. The fourth-order valence-corrected chi connectivity index (χ4v) is 3.07. The molecule has 1 aliphatic heterocycles. The van der Waals surface area contributed by atoms with Gasteiger partial charge >= 0.3 is 5.97 Å². The third-order valence-corrected chi connectivity index (χ3v) is 4.45. The molecular weight excluding hydrogens is 365 g/mol. The molecule has 2 aromatic rings. The zero-order chi connectivity index (χ0) is 20.3. The Labute approximate surface area is 161 Å². The number of fused-ring (bicyclic) bond motifs is 1. The molecule has 0 saturated carbocycles. The quantitative estimate of drug-likeness (QED) is 0.608. The van der Waals surface area contributed by atoms with Gasteiger partial charge in [-0.15, -0.1) is 0 Å². The van der Waals surface area contributed by atoms with E-state index in [1.807, 2.05) is 6.92 Å². The van der Waals surface area contributed by atoms with E-state index in [9.17, 15) is 18.8 Å². The maximum absolute atomic E-state index is 13.4. The van der Waals surface area contributed by atoms with Gasteiger partial charge in [-0.2, -0.15) is 0 Å². The predicted molar refractivity (Wildman–Crippen MR) is 99.9 cm³/mol. The Morgan fingerprint density at radius 1 is 1.21 bits per heavy atom. The highest BCUT2D eigenvalue weighted by atomic mass is 19.1. The molecule has 28 heavy (non-hydrogen) atoms. The molecule has 0 spiro atoms. The second-order valence-corrected chi connectivity index (χ2v) is 6.44. The Kier molecular flexibility index (Phi) is 5.73. The van der Waals surface area contributed by atoms with E-state index in [1.165, 1.54) is 19.1 Å². The maximum Gasteiger partial charge on any atom is 0.314 e. The smallest absolute Gasteiger partial charge is 0.314 e. The zero-order valence-corrected chi connectivity index (χ0v) is 15.5. The van der Waals surface area contributed by atoms with Crippen molar-refractivity contribution < 1.29 is 28.2 Å². The maximum atomic E-state index is 13.4. The van der Waals surface area contributed by atoms with Gasteiger partial charge in [0.15, 0.2) is 6.10 Å². The summed E-state index contributed by atoms with van der Waals surface area (Å²) in [6.45, 7) is 3.85. The van der Waals surface area contributed by atoms with Crippen molar-refractivity contribution in [3.05, 3.63) is 59.4 Å². The molecule has 0 saturated heterocycles. The molecule has 0 unspecified atom stereocenters. The third-order valence-electron chi connectivity index (χ3n) is 4.45. The molecule has 1 heterocycles. The molecule has 2 aromatic carbocycles. The number of esters is 1. The summed E-state index contributed by atoms with van der Waals surface area (Å²) in [5.74, 6) is -2.25. The minimum absolute atomic E-state index is 0.124. The molecule has 7 heteroatoms. The van der Waals surface area contributed by atoms with Crippen molar-refractivity contribution in [2.75, 3.05) is 11.9 Å². The van der Waals surface area contributed by atoms with Crippen molar-refractivity contribution in [1.29, 1.82) is 0 Å². The molecule has 0 aromatic heterocycles. The van der Waals surface area contributed by atoms with Crippen molar-refractivity contribution >= 4 is 23.3 Å². The number of nitrogens with one attached hydrogen (secondary N) is 1. The van der Waals surface area contributed by atoms with Crippen LogP contribution < -0.4 is 10.1 Å². The first-order valence-electron chi connectivity index (χ1n) is 8.96. The molecule has 3 rings (SSSR count). The van der Waals surface area contributed by atoms with E-state index in [0.717, 1.165) is 6.07 Å². The van der Waals surface area contributed by atoms with Crippen LogP contribution in [0.25, 0.3) is 0 Å². The minimum Gasteiger partial charge on any atom is -0.494 e. The minimum atomic E-state index is -1.03. The Balaban J connectivity index is 1.72. The number of carbonyl (C=O) groups is 3. The first-order valence-corrected chi connectivity index (χ1v) is 8.96. The predicted octanol–water partition coefficient (Wildman–Crippen LogP) is 3.46. The Morgan fingerprint density at radius 2 is 1.93 bits per heavy atom. The highest BCUT2D eigenvalue weighted by molar-refractivity contribution is 6.02. The first-order chi connectivity index (χ1) is 13.4. The van der Waals surface area contributed by atoms with Crippen LogP contribution >= 0.6 is 0 Å². The van der Waals surface area contributed by atoms with Gasteiger partial charge in [-0.25, -0.2) is 4.39 Å². The number of amides is 1. The van der Waals surface area contributed by atoms with Gasteiger partial charge in [0.2, 0.25) is 11.7 Å². The van der Waals surface area contributed by atoms with E-state index in [1.54, 1.807) is 24.3 Å². The molecule has 1 aliphatic rings. The SMILES string of the molecule is CCOc1ccc(C(=O)[C@@H](C)OC(=O)[C@@H]2CC(=O)Nc3cc(F)ccc32)cc1. The van der Waals surface area contributed by atoms with Crippen LogP contribution in [0.3, 0.4) is 0 Å². The summed E-state index contributed by atoms with van der Waals surface area (Å²) in [5.41, 5.74) is 1.09. The van der Waals surface area contributed by atoms with Crippen molar-refractivity contribution in [3.63, 3.8) is 0 Å². The van der Waals surface area contributed by atoms with Crippen LogP contribution in [0.5, 0.6) is 5.75 Å². The van der Waals surface area contributed by atoms with Crippen molar-refractivity contribution in [1.82, 2.24) is 0 Å². The summed E-state index contributed by atoms with van der Waals surface area (Å²) in [6, 6.07) is 10.3. The van der Waals surface area contributed by atoms with Crippen molar-refractivity contribution in [2.24, 2.45) is 0 Å². The highest BCUT2D eigenvalue weighted by Gasteiger charge is 2.34. The van der Waals surface area contributed by atoms with Crippen LogP contribution in [-0.2, 0) is 14.3 Å². The Hall–Kier alpha value is -3.22. The van der Waals surface area contributed by atoms with Crippen molar-refractivity contribution in [2.45, 2.75) is 32.3 Å². The monoisotopic (exact) mass is 385 g/mol. The van der Waals surface area contributed by atoms with E-state index in [-0.39, 0.29) is 17.9 Å². The lowest BCUT2D eigenvalue weighted by Gasteiger charge is -2.25. The van der Waals surface area contributed by atoms with Gasteiger partial charge in [0.1, 0.15) is 11.6 Å². The van der Waals surface area contributed by atoms with E-state index >= 15 is 0 Å². The number of hydrogen-bond acceptors (Lipinski definition) is 5. The van der Waals surface area contributed by atoms with Gasteiger partial charge in [0.05, 0.1) is 12.5 Å². The number of carbonyl (C=O) groups excluding carboxylic acids is 3. The summed E-state index contributed by atoms with van der Waals surface area (Å²) < 4.78 is 24.1. The standard InChI is InChI=1S/C21H20FNO5/c1-3-27-15-7-4-13(5-8-15)20(25)12(2)28-21(26)17-11-19(24)23-18-10-14(22)6-9-16(17)18/h4-10,12,17H,3,11H2,1-2H3,(H,23,24)/t12-,17-/m1/s1. The molecule has 6 nitrogen and oxygen atoms in total. The number of halogens is 1. The first kappa shape index (κ1) is 19.5. The molecule has 0 fully saturated rings. The van der Waals surface area contributed by atoms with Gasteiger partial charge in [0.25, 0.3) is 0 Å². The van der Waals surface area contributed by atoms with E-state index in [2.05, 4.69) is 5.32 Å². The van der Waals surface area contributed by atoms with Crippen LogP contribution in [-0.4, -0.2) is 30.4 Å². The van der Waals surface area contributed by atoms with Gasteiger partial charge in [0, 0.05) is 17.7 Å². The number of benzene rings is 2. The lowest BCUT2D eigenvalue weighted by Crippen LogP contribution is -2.32. The zero-order valence-electron chi connectivity index (χ0n) is 15.5. The van der Waals surface area contributed by atoms with Crippen LogP contribution in [0.15, 0.2) is 42.5 Å². The van der Waals surface area contributed by atoms with Gasteiger partial charge in [-0.05, 0) is 55.8 Å². The second kappa shape index (κ2) is 8.21. The van der Waals surface area contributed by atoms with E-state index < -0.39 is 29.7 Å². The average Bonchev–Trinajstić information content (AvgIpc) is 2.67. The summed E-state index contributed by atoms with van der Waals surface area (Å²) >= 11 is 0. The van der Waals surface area contributed by atoms with Crippen LogP contribution in [0, 0.1) is 5.82 Å².